The van der Waals surface area contributed by atoms with E-state index in [-0.39, 0.29) is 0 Å². The zero-order valence-corrected chi connectivity index (χ0v) is 13.0. The zero-order chi connectivity index (χ0) is 13.7. The fourth-order valence-electron chi connectivity index (χ4n) is 1.18. The van der Waals surface area contributed by atoms with Gasteiger partial charge in [-0.2, -0.15) is 0 Å². The average Bonchev–Trinajstić information content (AvgIpc) is 2.32. The molecule has 0 heterocycles. The van der Waals surface area contributed by atoms with Crippen molar-refractivity contribution < 1.29 is 0 Å². The number of benzene rings is 2. The summed E-state index contributed by atoms with van der Waals surface area (Å²) >= 11 is 22.8. The molecular weight excluding hydrogens is 310 g/mol. The van der Waals surface area contributed by atoms with Crippen LogP contribution in [0.4, 0.5) is 0 Å². The second kappa shape index (κ2) is 7.25. The summed E-state index contributed by atoms with van der Waals surface area (Å²) in [5.41, 5.74) is 2.07. The van der Waals surface area contributed by atoms with Crippen molar-refractivity contribution in [2.45, 2.75) is 13.8 Å². The van der Waals surface area contributed by atoms with Crippen LogP contribution in [0.1, 0.15) is 11.1 Å². The topological polar surface area (TPSA) is 0 Å². The van der Waals surface area contributed by atoms with E-state index in [1.54, 1.807) is 6.07 Å². The summed E-state index contributed by atoms with van der Waals surface area (Å²) in [5, 5.41) is 2.68. The van der Waals surface area contributed by atoms with Gasteiger partial charge in [-0.1, -0.05) is 58.5 Å². The Balaban J connectivity index is 0.000000180. The molecule has 0 aromatic heterocycles. The molecule has 0 spiro atoms. The van der Waals surface area contributed by atoms with E-state index < -0.39 is 0 Å². The van der Waals surface area contributed by atoms with Crippen LogP contribution >= 0.6 is 46.4 Å². The molecule has 0 aliphatic heterocycles. The van der Waals surface area contributed by atoms with Gasteiger partial charge in [0.15, 0.2) is 0 Å². The molecule has 2 aromatic rings. The lowest BCUT2D eigenvalue weighted by Gasteiger charge is -1.96. The molecule has 0 radical (unpaired) electrons. The monoisotopic (exact) mass is 320 g/mol. The van der Waals surface area contributed by atoms with Crippen LogP contribution in [-0.2, 0) is 0 Å². The van der Waals surface area contributed by atoms with Crippen LogP contribution in [0.25, 0.3) is 0 Å². The van der Waals surface area contributed by atoms with Crippen molar-refractivity contribution in [2.75, 3.05) is 0 Å². The SMILES string of the molecule is Cc1c(Cl)cccc1Cl.Cc1ccc(Cl)c(Cl)c1. The number of hydrogen-bond acceptors (Lipinski definition) is 0. The Morgan fingerprint density at radius 2 is 1.22 bits per heavy atom. The summed E-state index contributed by atoms with van der Waals surface area (Å²) < 4.78 is 0. The minimum Gasteiger partial charge on any atom is -0.0840 e. The predicted octanol–water partition coefficient (Wildman–Crippen LogP) is 6.60. The minimum atomic E-state index is 0.613. The molecule has 2 rings (SSSR count). The molecule has 0 saturated carbocycles. The molecule has 0 bridgehead atoms. The second-order valence-electron chi connectivity index (χ2n) is 3.76. The Morgan fingerprint density at radius 3 is 1.61 bits per heavy atom. The van der Waals surface area contributed by atoms with Crippen LogP contribution in [0, 0.1) is 13.8 Å². The first kappa shape index (κ1) is 15.7. The second-order valence-corrected chi connectivity index (χ2v) is 5.39. The van der Waals surface area contributed by atoms with E-state index in [4.69, 9.17) is 46.4 Å². The fourth-order valence-corrected chi connectivity index (χ4v) is 1.93. The number of hydrogen-bond donors (Lipinski definition) is 0. The molecular formula is C14H12Cl4. The highest BCUT2D eigenvalue weighted by Gasteiger charge is 1.96. The van der Waals surface area contributed by atoms with Gasteiger partial charge in [0.05, 0.1) is 10.0 Å². The molecule has 18 heavy (non-hydrogen) atoms. The molecule has 96 valence electrons. The molecule has 2 aromatic carbocycles. The molecule has 0 atom stereocenters. The first-order valence-electron chi connectivity index (χ1n) is 5.24. The van der Waals surface area contributed by atoms with Gasteiger partial charge in [-0.15, -0.1) is 0 Å². The van der Waals surface area contributed by atoms with Crippen LogP contribution in [0.15, 0.2) is 36.4 Å². The molecule has 0 unspecified atom stereocenters. The van der Waals surface area contributed by atoms with Crippen molar-refractivity contribution in [1.29, 1.82) is 0 Å². The van der Waals surface area contributed by atoms with Gasteiger partial charge < -0.3 is 0 Å². The summed E-state index contributed by atoms with van der Waals surface area (Å²) in [6, 6.07) is 11.0. The van der Waals surface area contributed by atoms with Crippen LogP contribution in [-0.4, -0.2) is 0 Å². The lowest BCUT2D eigenvalue weighted by molar-refractivity contribution is 1.47. The largest absolute Gasteiger partial charge is 0.0840 e. The van der Waals surface area contributed by atoms with Gasteiger partial charge in [-0.05, 0) is 49.2 Å². The van der Waals surface area contributed by atoms with Crippen molar-refractivity contribution in [3.63, 3.8) is 0 Å². The van der Waals surface area contributed by atoms with Crippen LogP contribution in [0.3, 0.4) is 0 Å². The van der Waals surface area contributed by atoms with E-state index in [0.29, 0.717) is 10.0 Å². The third-order valence-electron chi connectivity index (χ3n) is 2.28. The highest BCUT2D eigenvalue weighted by molar-refractivity contribution is 6.42. The molecule has 4 heteroatoms. The first-order chi connectivity index (χ1) is 8.41. The third kappa shape index (κ3) is 4.70. The number of aryl methyl sites for hydroxylation is 1. The predicted molar refractivity (Wildman–Crippen MR) is 82.4 cm³/mol. The summed E-state index contributed by atoms with van der Waals surface area (Å²) in [4.78, 5) is 0. The minimum absolute atomic E-state index is 0.613. The normalized spacial score (nSPS) is 9.67. The fraction of sp³-hybridized carbons (Fsp3) is 0.143. The molecule has 0 saturated heterocycles. The van der Waals surface area contributed by atoms with Gasteiger partial charge in [0.25, 0.3) is 0 Å². The van der Waals surface area contributed by atoms with Crippen molar-refractivity contribution in [3.8, 4) is 0 Å². The maximum Gasteiger partial charge on any atom is 0.0594 e. The third-order valence-corrected chi connectivity index (χ3v) is 3.83. The summed E-state index contributed by atoms with van der Waals surface area (Å²) in [6.07, 6.45) is 0. The highest BCUT2D eigenvalue weighted by atomic mass is 35.5. The Labute approximate surface area is 127 Å². The molecule has 0 aliphatic rings. The van der Waals surface area contributed by atoms with E-state index >= 15 is 0 Å². The van der Waals surface area contributed by atoms with Crippen molar-refractivity contribution in [3.05, 3.63) is 67.6 Å². The van der Waals surface area contributed by atoms with Gasteiger partial charge in [0.1, 0.15) is 0 Å². The zero-order valence-electron chi connectivity index (χ0n) is 9.98. The maximum absolute atomic E-state index is 5.73. The van der Waals surface area contributed by atoms with Crippen LogP contribution in [0.5, 0.6) is 0 Å². The summed E-state index contributed by atoms with van der Waals surface area (Å²) in [7, 11) is 0. The smallest absolute Gasteiger partial charge is 0.0594 e. The lowest BCUT2D eigenvalue weighted by Crippen LogP contribution is -1.73. The molecule has 0 N–H and O–H groups in total. The van der Waals surface area contributed by atoms with Gasteiger partial charge >= 0.3 is 0 Å². The average molecular weight is 322 g/mol. The van der Waals surface area contributed by atoms with E-state index in [2.05, 4.69) is 0 Å². The van der Waals surface area contributed by atoms with Gasteiger partial charge in [-0.25, -0.2) is 0 Å². The van der Waals surface area contributed by atoms with Crippen LogP contribution < -0.4 is 0 Å². The standard InChI is InChI=1S/2C7H6Cl2/c1-5-2-3-6(8)7(9)4-5;1-5-6(8)3-2-4-7(5)9/h2*2-4H,1H3. The van der Waals surface area contributed by atoms with Crippen LogP contribution in [0.2, 0.25) is 20.1 Å². The van der Waals surface area contributed by atoms with Crippen molar-refractivity contribution in [2.24, 2.45) is 0 Å². The highest BCUT2D eigenvalue weighted by Crippen LogP contribution is 2.22. The quantitative estimate of drug-likeness (QED) is 0.512. The maximum atomic E-state index is 5.73. The summed E-state index contributed by atoms with van der Waals surface area (Å²) in [6.45, 7) is 3.87. The Bertz CT molecular complexity index is 515. The molecule has 0 amide bonds. The lowest BCUT2D eigenvalue weighted by atomic mass is 10.2. The van der Waals surface area contributed by atoms with Gasteiger partial charge in [-0.3, -0.25) is 0 Å². The number of rotatable bonds is 0. The number of halogens is 4. The summed E-state index contributed by atoms with van der Waals surface area (Å²) in [5.74, 6) is 0. The Kier molecular flexibility index (Phi) is 6.31. The van der Waals surface area contributed by atoms with Crippen molar-refractivity contribution in [1.82, 2.24) is 0 Å². The van der Waals surface area contributed by atoms with E-state index in [1.807, 2.05) is 44.2 Å². The Hall–Kier alpha value is -0.400. The molecule has 0 fully saturated rings. The van der Waals surface area contributed by atoms with Gasteiger partial charge in [0.2, 0.25) is 0 Å². The van der Waals surface area contributed by atoms with E-state index in [0.717, 1.165) is 21.2 Å². The molecule has 0 aliphatic carbocycles. The first-order valence-corrected chi connectivity index (χ1v) is 6.75. The Morgan fingerprint density at radius 1 is 0.667 bits per heavy atom. The van der Waals surface area contributed by atoms with E-state index in [9.17, 15) is 0 Å². The van der Waals surface area contributed by atoms with Crippen molar-refractivity contribution >= 4 is 46.4 Å². The van der Waals surface area contributed by atoms with E-state index in [1.165, 1.54) is 0 Å². The molecule has 0 nitrogen and oxygen atoms in total. The van der Waals surface area contributed by atoms with Gasteiger partial charge in [0, 0.05) is 10.0 Å².